The van der Waals surface area contributed by atoms with Crippen molar-refractivity contribution in [2.45, 2.75) is 77.0 Å². The number of hydrogen-bond donors (Lipinski definition) is 2. The van der Waals surface area contributed by atoms with Gasteiger partial charge in [-0.3, -0.25) is 4.90 Å². The van der Waals surface area contributed by atoms with Crippen molar-refractivity contribution in [1.82, 2.24) is 14.9 Å². The van der Waals surface area contributed by atoms with Gasteiger partial charge < -0.3 is 10.1 Å². The molecule has 0 spiro atoms. The van der Waals surface area contributed by atoms with Crippen molar-refractivity contribution in [2.75, 3.05) is 6.54 Å². The van der Waals surface area contributed by atoms with Gasteiger partial charge in [-0.05, 0) is 37.0 Å². The van der Waals surface area contributed by atoms with Crippen molar-refractivity contribution >= 4 is 11.0 Å². The van der Waals surface area contributed by atoms with Gasteiger partial charge in [0.05, 0.1) is 6.10 Å². The molecule has 0 bridgehead atoms. The molecule has 136 valence electrons. The van der Waals surface area contributed by atoms with Gasteiger partial charge in [-0.15, -0.1) is 0 Å². The van der Waals surface area contributed by atoms with E-state index in [4.69, 9.17) is 0 Å². The number of fused-ring (bicyclic) bond motifs is 2. The van der Waals surface area contributed by atoms with Gasteiger partial charge in [0, 0.05) is 47.7 Å². The van der Waals surface area contributed by atoms with Crippen LogP contribution in [-0.4, -0.2) is 38.7 Å². The van der Waals surface area contributed by atoms with Crippen LogP contribution in [0.4, 0.5) is 0 Å². The summed E-state index contributed by atoms with van der Waals surface area (Å²) in [4.78, 5) is 10.8. The van der Waals surface area contributed by atoms with E-state index in [0.717, 1.165) is 25.2 Å². The summed E-state index contributed by atoms with van der Waals surface area (Å²) < 4.78 is 0. The molecule has 1 aliphatic heterocycles. The molecule has 3 heterocycles. The van der Waals surface area contributed by atoms with E-state index in [0.29, 0.717) is 12.0 Å². The Morgan fingerprint density at radius 1 is 1.24 bits per heavy atom. The standard InChI is InChI=1S/C21H31N3O/c1-21(2,3)19-16(14-8-6-11-22-20(14)23-19)13-24-12-10-18(25)15-7-4-5-9-17(15)24/h6,8,11,15,17-18,25H,4-5,7,9-10,12-13H2,1-3H3,(H,22,23)/t15-,17-,18-/m0/s1. The molecule has 1 saturated heterocycles. The molecule has 2 aliphatic rings. The first kappa shape index (κ1) is 17.0. The van der Waals surface area contributed by atoms with E-state index in [1.54, 1.807) is 0 Å². The number of nitrogens with zero attached hydrogens (tertiary/aromatic N) is 2. The number of aromatic nitrogens is 2. The number of H-pyrrole nitrogens is 1. The van der Waals surface area contributed by atoms with Crippen LogP contribution in [0.15, 0.2) is 18.3 Å². The third-order valence-electron chi connectivity index (χ3n) is 6.25. The van der Waals surface area contributed by atoms with Gasteiger partial charge >= 0.3 is 0 Å². The first-order valence-electron chi connectivity index (χ1n) is 9.83. The van der Waals surface area contributed by atoms with Crippen LogP contribution in [-0.2, 0) is 12.0 Å². The zero-order valence-corrected chi connectivity index (χ0v) is 15.8. The second-order valence-electron chi connectivity index (χ2n) is 8.97. The van der Waals surface area contributed by atoms with Gasteiger partial charge in [0.1, 0.15) is 5.65 Å². The Morgan fingerprint density at radius 3 is 2.84 bits per heavy atom. The molecule has 0 amide bonds. The maximum atomic E-state index is 10.5. The first-order valence-corrected chi connectivity index (χ1v) is 9.83. The van der Waals surface area contributed by atoms with Crippen LogP contribution in [0.25, 0.3) is 11.0 Å². The van der Waals surface area contributed by atoms with Crippen LogP contribution in [0.5, 0.6) is 0 Å². The Bertz CT molecular complexity index is 745. The second-order valence-corrected chi connectivity index (χ2v) is 8.97. The minimum absolute atomic E-state index is 0.0668. The zero-order chi connectivity index (χ0) is 17.6. The van der Waals surface area contributed by atoms with Crippen molar-refractivity contribution in [3.63, 3.8) is 0 Å². The van der Waals surface area contributed by atoms with Crippen LogP contribution in [0.3, 0.4) is 0 Å². The van der Waals surface area contributed by atoms with Crippen LogP contribution in [0, 0.1) is 5.92 Å². The Kier molecular flexibility index (Phi) is 4.37. The molecule has 2 fully saturated rings. The molecule has 1 aliphatic carbocycles. The first-order chi connectivity index (χ1) is 11.9. The summed E-state index contributed by atoms with van der Waals surface area (Å²) in [6.45, 7) is 8.77. The highest BCUT2D eigenvalue weighted by atomic mass is 16.3. The van der Waals surface area contributed by atoms with E-state index in [1.807, 2.05) is 12.3 Å². The summed E-state index contributed by atoms with van der Waals surface area (Å²) in [6, 6.07) is 4.77. The predicted molar refractivity (Wildman–Crippen MR) is 102 cm³/mol. The molecule has 2 aromatic heterocycles. The highest BCUT2D eigenvalue weighted by Gasteiger charge is 2.39. The van der Waals surface area contributed by atoms with E-state index in [9.17, 15) is 5.11 Å². The highest BCUT2D eigenvalue weighted by molar-refractivity contribution is 5.81. The van der Waals surface area contributed by atoms with Gasteiger partial charge in [-0.2, -0.15) is 0 Å². The van der Waals surface area contributed by atoms with Crippen molar-refractivity contribution in [3.05, 3.63) is 29.6 Å². The summed E-state index contributed by atoms with van der Waals surface area (Å²) in [5.41, 5.74) is 3.77. The number of aliphatic hydroxyl groups excluding tert-OH is 1. The molecule has 4 nitrogen and oxygen atoms in total. The topological polar surface area (TPSA) is 52.2 Å². The molecule has 4 heteroatoms. The number of nitrogens with one attached hydrogen (secondary N) is 1. The zero-order valence-electron chi connectivity index (χ0n) is 15.8. The molecule has 0 radical (unpaired) electrons. The fourth-order valence-electron chi connectivity index (χ4n) is 5.00. The minimum Gasteiger partial charge on any atom is -0.393 e. The lowest BCUT2D eigenvalue weighted by Crippen LogP contribution is -2.52. The van der Waals surface area contributed by atoms with E-state index < -0.39 is 0 Å². The largest absolute Gasteiger partial charge is 0.393 e. The van der Waals surface area contributed by atoms with Crippen molar-refractivity contribution in [3.8, 4) is 0 Å². The van der Waals surface area contributed by atoms with E-state index in [-0.39, 0.29) is 11.5 Å². The Balaban J connectivity index is 1.70. The molecule has 4 rings (SSSR count). The van der Waals surface area contributed by atoms with Crippen LogP contribution in [0.2, 0.25) is 0 Å². The fourth-order valence-corrected chi connectivity index (χ4v) is 5.00. The molecule has 3 atom stereocenters. The van der Waals surface area contributed by atoms with Crippen LogP contribution < -0.4 is 0 Å². The van der Waals surface area contributed by atoms with E-state index >= 15 is 0 Å². The predicted octanol–water partition coefficient (Wildman–Crippen LogP) is 3.99. The van der Waals surface area contributed by atoms with E-state index in [1.165, 1.54) is 42.3 Å². The maximum Gasteiger partial charge on any atom is 0.137 e. The number of aliphatic hydroxyl groups is 1. The average molecular weight is 341 g/mol. The summed E-state index contributed by atoms with van der Waals surface area (Å²) in [6.07, 6.45) is 7.66. The lowest BCUT2D eigenvalue weighted by molar-refractivity contribution is -0.0393. The number of piperidine rings is 1. The quantitative estimate of drug-likeness (QED) is 0.868. The highest BCUT2D eigenvalue weighted by Crippen LogP contribution is 2.38. The Hall–Kier alpha value is -1.39. The van der Waals surface area contributed by atoms with Crippen molar-refractivity contribution < 1.29 is 5.11 Å². The van der Waals surface area contributed by atoms with Gasteiger partial charge in [-0.25, -0.2) is 4.98 Å². The summed E-state index contributed by atoms with van der Waals surface area (Å²) in [7, 11) is 0. The lowest BCUT2D eigenvalue weighted by atomic mass is 9.76. The SMILES string of the molecule is CC(C)(C)c1[nH]c2ncccc2c1CN1CC[C@H](O)[C@H]2CCCC[C@@H]21. The maximum absolute atomic E-state index is 10.5. The van der Waals surface area contributed by atoms with Gasteiger partial charge in [0.15, 0.2) is 0 Å². The van der Waals surface area contributed by atoms with Gasteiger partial charge in [0.25, 0.3) is 0 Å². The van der Waals surface area contributed by atoms with Crippen molar-refractivity contribution in [1.29, 1.82) is 0 Å². The average Bonchev–Trinajstić information content (AvgIpc) is 2.97. The fraction of sp³-hybridized carbons (Fsp3) is 0.667. The molecule has 1 saturated carbocycles. The second kappa shape index (κ2) is 6.40. The number of pyridine rings is 1. The molecule has 0 aromatic carbocycles. The minimum atomic E-state index is -0.103. The lowest BCUT2D eigenvalue weighted by Gasteiger charge is -2.46. The Morgan fingerprint density at radius 2 is 2.04 bits per heavy atom. The van der Waals surface area contributed by atoms with E-state index in [2.05, 4.69) is 41.7 Å². The summed E-state index contributed by atoms with van der Waals surface area (Å²) in [5.74, 6) is 0.462. The summed E-state index contributed by atoms with van der Waals surface area (Å²) >= 11 is 0. The Labute approximate surface area is 150 Å². The van der Waals surface area contributed by atoms with Crippen molar-refractivity contribution in [2.24, 2.45) is 5.92 Å². The molecule has 2 aromatic rings. The molecular weight excluding hydrogens is 310 g/mol. The molecular formula is C21H31N3O. The van der Waals surface area contributed by atoms with Crippen LogP contribution >= 0.6 is 0 Å². The number of rotatable bonds is 2. The van der Waals surface area contributed by atoms with Gasteiger partial charge in [-0.1, -0.05) is 33.6 Å². The van der Waals surface area contributed by atoms with Gasteiger partial charge in [0.2, 0.25) is 0 Å². The molecule has 25 heavy (non-hydrogen) atoms. The smallest absolute Gasteiger partial charge is 0.137 e. The normalized spacial score (nSPS) is 28.2. The third kappa shape index (κ3) is 3.11. The number of hydrogen-bond acceptors (Lipinski definition) is 3. The molecule has 2 N–H and O–H groups in total. The number of likely N-dealkylation sites (tertiary alicyclic amines) is 1. The number of aromatic amines is 1. The molecule has 0 unspecified atom stereocenters. The van der Waals surface area contributed by atoms with Crippen LogP contribution in [0.1, 0.15) is 64.1 Å². The monoisotopic (exact) mass is 341 g/mol. The summed E-state index contributed by atoms with van der Waals surface area (Å²) in [5, 5.41) is 11.7. The third-order valence-corrected chi connectivity index (χ3v) is 6.25.